The van der Waals surface area contributed by atoms with E-state index in [1.165, 1.54) is 42.3 Å². The van der Waals surface area contributed by atoms with Gasteiger partial charge in [0.15, 0.2) is 11.5 Å². The van der Waals surface area contributed by atoms with Crippen LogP contribution in [0.3, 0.4) is 0 Å². The average Bonchev–Trinajstić information content (AvgIpc) is 3.52. The molecule has 1 saturated carbocycles. The van der Waals surface area contributed by atoms with E-state index in [9.17, 15) is 18.0 Å². The predicted octanol–water partition coefficient (Wildman–Crippen LogP) is 3.53. The first-order valence-electron chi connectivity index (χ1n) is 9.73. The molecular weight excluding hydrogens is 407 g/mol. The van der Waals surface area contributed by atoms with Crippen molar-refractivity contribution < 1.29 is 22.7 Å². The third kappa shape index (κ3) is 3.72. The number of carbonyl (C=O) groups is 1. The molecule has 0 aromatic heterocycles. The SMILES string of the molecule is Cc1cc(C2(c3ccc(F)c(C#CC4CC4)c3)N=C(N)N(C)C2=O)ccc1OC(F)F. The van der Waals surface area contributed by atoms with E-state index < -0.39 is 23.9 Å². The number of nitrogens with two attached hydrogens (primary N) is 1. The van der Waals surface area contributed by atoms with E-state index in [0.717, 1.165) is 12.8 Å². The van der Waals surface area contributed by atoms with Gasteiger partial charge in [0.25, 0.3) is 5.91 Å². The molecule has 1 heterocycles. The van der Waals surface area contributed by atoms with E-state index in [1.54, 1.807) is 13.0 Å². The summed E-state index contributed by atoms with van der Waals surface area (Å²) in [5, 5.41) is 0. The lowest BCUT2D eigenvalue weighted by Gasteiger charge is -2.27. The summed E-state index contributed by atoms with van der Waals surface area (Å²) < 4.78 is 44.2. The van der Waals surface area contributed by atoms with Gasteiger partial charge in [-0.2, -0.15) is 8.78 Å². The molecule has 0 saturated heterocycles. The Hall–Kier alpha value is -3.47. The molecule has 160 valence electrons. The van der Waals surface area contributed by atoms with Gasteiger partial charge in [0.05, 0.1) is 5.56 Å². The van der Waals surface area contributed by atoms with E-state index >= 15 is 0 Å². The number of benzene rings is 2. The molecule has 1 unspecified atom stereocenters. The van der Waals surface area contributed by atoms with Crippen molar-refractivity contribution in [3.8, 4) is 17.6 Å². The Morgan fingerprint density at radius 2 is 1.90 bits per heavy atom. The molecule has 1 aliphatic heterocycles. The smallest absolute Gasteiger partial charge is 0.387 e. The maximum absolute atomic E-state index is 14.4. The lowest BCUT2D eigenvalue weighted by molar-refractivity contribution is -0.129. The first-order chi connectivity index (χ1) is 14.7. The molecule has 2 aromatic carbocycles. The maximum atomic E-state index is 14.4. The number of likely N-dealkylation sites (N-methyl/N-ethyl adjacent to an activating group) is 1. The van der Waals surface area contributed by atoms with Crippen LogP contribution in [0.2, 0.25) is 0 Å². The predicted molar refractivity (Wildman–Crippen MR) is 109 cm³/mol. The number of ether oxygens (including phenoxy) is 1. The summed E-state index contributed by atoms with van der Waals surface area (Å²) in [5.74, 6) is 5.17. The number of aliphatic imine (C=N–C) groups is 1. The van der Waals surface area contributed by atoms with Crippen molar-refractivity contribution >= 4 is 11.9 Å². The van der Waals surface area contributed by atoms with Crippen molar-refractivity contribution in [2.45, 2.75) is 31.9 Å². The van der Waals surface area contributed by atoms with E-state index in [1.807, 2.05) is 0 Å². The normalized spacial score (nSPS) is 20.5. The summed E-state index contributed by atoms with van der Waals surface area (Å²) in [5.41, 5.74) is 5.71. The summed E-state index contributed by atoms with van der Waals surface area (Å²) in [6, 6.07) is 8.59. The molecule has 0 radical (unpaired) electrons. The molecule has 1 amide bonds. The number of rotatable bonds is 4. The molecular formula is C23H20F3N3O2. The van der Waals surface area contributed by atoms with Crippen LogP contribution < -0.4 is 10.5 Å². The molecule has 0 spiro atoms. The highest BCUT2D eigenvalue weighted by Crippen LogP contribution is 2.41. The van der Waals surface area contributed by atoms with E-state index in [4.69, 9.17) is 5.73 Å². The van der Waals surface area contributed by atoms with Crippen LogP contribution in [0.4, 0.5) is 13.2 Å². The molecule has 8 heteroatoms. The van der Waals surface area contributed by atoms with Gasteiger partial charge in [0, 0.05) is 13.0 Å². The van der Waals surface area contributed by atoms with Crippen LogP contribution in [-0.4, -0.2) is 30.4 Å². The number of amides is 1. The quantitative estimate of drug-likeness (QED) is 0.760. The monoisotopic (exact) mass is 427 g/mol. The van der Waals surface area contributed by atoms with Crippen molar-refractivity contribution in [1.82, 2.24) is 4.90 Å². The number of aryl methyl sites for hydroxylation is 1. The number of nitrogens with zero attached hydrogens (tertiary/aromatic N) is 2. The van der Waals surface area contributed by atoms with E-state index in [2.05, 4.69) is 21.6 Å². The molecule has 0 bridgehead atoms. The summed E-state index contributed by atoms with van der Waals surface area (Å²) in [6.07, 6.45) is 1.99. The first-order valence-corrected chi connectivity index (χ1v) is 9.73. The van der Waals surface area contributed by atoms with Crippen LogP contribution in [0.25, 0.3) is 0 Å². The standard InChI is InChI=1S/C23H20F3N3O2/c1-13-11-16(8-10-19(13)31-21(25)26)23(20(30)29(2)22(27)28-23)17-7-9-18(24)15(12-17)6-5-14-3-4-14/h7-12,14,21H,3-4H2,1-2H3,(H2,27,28). The van der Waals surface area contributed by atoms with Gasteiger partial charge in [0.1, 0.15) is 11.6 Å². The van der Waals surface area contributed by atoms with Crippen LogP contribution >= 0.6 is 0 Å². The summed E-state index contributed by atoms with van der Waals surface area (Å²) in [7, 11) is 1.49. The van der Waals surface area contributed by atoms with Crippen molar-refractivity contribution in [1.29, 1.82) is 0 Å². The number of hydrogen-bond acceptors (Lipinski definition) is 4. The zero-order valence-corrected chi connectivity index (χ0v) is 17.0. The lowest BCUT2D eigenvalue weighted by Crippen LogP contribution is -2.41. The van der Waals surface area contributed by atoms with Crippen molar-refractivity contribution in [2.24, 2.45) is 16.6 Å². The highest BCUT2D eigenvalue weighted by molar-refractivity contribution is 6.09. The second-order valence-corrected chi connectivity index (χ2v) is 7.64. The third-order valence-corrected chi connectivity index (χ3v) is 5.42. The average molecular weight is 427 g/mol. The van der Waals surface area contributed by atoms with Crippen molar-refractivity contribution in [3.05, 3.63) is 64.5 Å². The van der Waals surface area contributed by atoms with E-state index in [0.29, 0.717) is 16.7 Å². The minimum atomic E-state index is -2.98. The molecule has 31 heavy (non-hydrogen) atoms. The first kappa shape index (κ1) is 20.8. The van der Waals surface area contributed by atoms with Gasteiger partial charge < -0.3 is 10.5 Å². The zero-order chi connectivity index (χ0) is 22.3. The molecule has 1 aliphatic carbocycles. The van der Waals surface area contributed by atoms with Crippen LogP contribution in [0, 0.1) is 30.5 Å². The van der Waals surface area contributed by atoms with Gasteiger partial charge in [-0.3, -0.25) is 9.69 Å². The van der Waals surface area contributed by atoms with Gasteiger partial charge in [0.2, 0.25) is 0 Å². The summed E-state index contributed by atoms with van der Waals surface area (Å²) in [4.78, 5) is 19.0. The second kappa shape index (κ2) is 7.65. The Balaban J connectivity index is 1.87. The van der Waals surface area contributed by atoms with Gasteiger partial charge >= 0.3 is 6.61 Å². The largest absolute Gasteiger partial charge is 0.435 e. The number of carbonyl (C=O) groups excluding carboxylic acids is 1. The van der Waals surface area contributed by atoms with Crippen LogP contribution in [0.5, 0.6) is 5.75 Å². The van der Waals surface area contributed by atoms with Crippen LogP contribution in [-0.2, 0) is 10.3 Å². The molecule has 4 rings (SSSR count). The Bertz CT molecular complexity index is 1150. The number of alkyl halides is 2. The fourth-order valence-corrected chi connectivity index (χ4v) is 3.54. The molecule has 5 nitrogen and oxygen atoms in total. The molecule has 1 atom stereocenters. The summed E-state index contributed by atoms with van der Waals surface area (Å²) >= 11 is 0. The zero-order valence-electron chi connectivity index (χ0n) is 17.0. The molecule has 2 aromatic rings. The minimum Gasteiger partial charge on any atom is -0.435 e. The highest BCUT2D eigenvalue weighted by atomic mass is 19.3. The molecule has 1 fully saturated rings. The minimum absolute atomic E-state index is 0.00880. The van der Waals surface area contributed by atoms with Crippen molar-refractivity contribution in [2.75, 3.05) is 7.05 Å². The fraction of sp³-hybridized carbons (Fsp3) is 0.304. The van der Waals surface area contributed by atoms with Gasteiger partial charge in [-0.05, 0) is 60.7 Å². The number of halogens is 3. The third-order valence-electron chi connectivity index (χ3n) is 5.42. The summed E-state index contributed by atoms with van der Waals surface area (Å²) in [6.45, 7) is -1.39. The van der Waals surface area contributed by atoms with E-state index in [-0.39, 0.29) is 23.2 Å². The second-order valence-electron chi connectivity index (χ2n) is 7.64. The maximum Gasteiger partial charge on any atom is 0.387 e. The van der Waals surface area contributed by atoms with Crippen LogP contribution in [0.15, 0.2) is 41.4 Å². The van der Waals surface area contributed by atoms with Crippen LogP contribution in [0.1, 0.15) is 35.1 Å². The Labute approximate surface area is 177 Å². The molecule has 2 aliphatic rings. The van der Waals surface area contributed by atoms with Crippen molar-refractivity contribution in [3.63, 3.8) is 0 Å². The molecule has 2 N–H and O–H groups in total. The Kier molecular flexibility index (Phi) is 5.13. The topological polar surface area (TPSA) is 67.9 Å². The fourth-order valence-electron chi connectivity index (χ4n) is 3.54. The Morgan fingerprint density at radius 1 is 1.23 bits per heavy atom. The Morgan fingerprint density at radius 3 is 2.48 bits per heavy atom. The van der Waals surface area contributed by atoms with Gasteiger partial charge in [-0.15, -0.1) is 0 Å². The van der Waals surface area contributed by atoms with Gasteiger partial charge in [-0.25, -0.2) is 9.38 Å². The number of guanidine groups is 1. The van der Waals surface area contributed by atoms with Gasteiger partial charge in [-0.1, -0.05) is 24.0 Å². The lowest BCUT2D eigenvalue weighted by atomic mass is 9.81. The number of hydrogen-bond donors (Lipinski definition) is 1. The highest BCUT2D eigenvalue weighted by Gasteiger charge is 2.49.